The Morgan fingerprint density at radius 3 is 0.912 bits per heavy atom. The molecule has 0 aliphatic carbocycles. The fraction of sp³-hybridized carbons (Fsp3) is 0.941. The summed E-state index contributed by atoms with van der Waals surface area (Å²) < 4.78 is 16.8. The number of ether oxygens (including phenoxy) is 3. The van der Waals surface area contributed by atoms with Crippen LogP contribution < -0.4 is 0 Å². The van der Waals surface area contributed by atoms with E-state index in [1.54, 1.807) is 0 Å². The van der Waals surface area contributed by atoms with Crippen molar-refractivity contribution >= 4 is 17.9 Å². The Balaban J connectivity index is 4.28. The highest BCUT2D eigenvalue weighted by Crippen LogP contribution is 2.18. The summed E-state index contributed by atoms with van der Waals surface area (Å²) in [4.78, 5) is 37.8. The lowest BCUT2D eigenvalue weighted by molar-refractivity contribution is -0.167. The summed E-state index contributed by atoms with van der Waals surface area (Å²) >= 11 is 0. The molecule has 0 aliphatic heterocycles. The summed E-state index contributed by atoms with van der Waals surface area (Å²) in [7, 11) is 0. The van der Waals surface area contributed by atoms with Crippen molar-refractivity contribution in [3.05, 3.63) is 0 Å². The van der Waals surface area contributed by atoms with E-state index in [9.17, 15) is 14.4 Å². The Morgan fingerprint density at radius 2 is 0.614 bits per heavy atom. The Labute approximate surface area is 355 Å². The van der Waals surface area contributed by atoms with E-state index in [-0.39, 0.29) is 31.1 Å². The molecule has 0 N–H and O–H groups in total. The molecule has 0 heterocycles. The van der Waals surface area contributed by atoms with Gasteiger partial charge >= 0.3 is 17.9 Å². The number of unbranched alkanes of at least 4 members (excludes halogenated alkanes) is 28. The molecule has 0 saturated heterocycles. The van der Waals surface area contributed by atoms with E-state index < -0.39 is 6.10 Å². The molecule has 0 fully saturated rings. The summed E-state index contributed by atoms with van der Waals surface area (Å²) in [5.41, 5.74) is 0. The van der Waals surface area contributed by atoms with Crippen LogP contribution in [0.15, 0.2) is 0 Å². The van der Waals surface area contributed by atoms with E-state index in [4.69, 9.17) is 14.2 Å². The maximum absolute atomic E-state index is 12.8. The number of esters is 3. The molecule has 2 unspecified atom stereocenters. The predicted molar refractivity (Wildman–Crippen MR) is 243 cm³/mol. The van der Waals surface area contributed by atoms with Crippen molar-refractivity contribution in [2.45, 2.75) is 285 Å². The van der Waals surface area contributed by atoms with Crippen LogP contribution in [-0.4, -0.2) is 37.2 Å². The average Bonchev–Trinajstić information content (AvgIpc) is 3.21. The highest BCUT2D eigenvalue weighted by molar-refractivity contribution is 5.71. The van der Waals surface area contributed by atoms with Crippen LogP contribution in [0.4, 0.5) is 0 Å². The molecule has 57 heavy (non-hydrogen) atoms. The largest absolute Gasteiger partial charge is 0.462 e. The molecule has 0 amide bonds. The molecule has 0 bridgehead atoms. The van der Waals surface area contributed by atoms with Gasteiger partial charge in [0.2, 0.25) is 0 Å². The van der Waals surface area contributed by atoms with Gasteiger partial charge in [-0.15, -0.1) is 0 Å². The Bertz CT molecular complexity index is 874. The van der Waals surface area contributed by atoms with Crippen molar-refractivity contribution in [2.24, 2.45) is 11.8 Å². The molecule has 0 aromatic rings. The standard InChI is InChI=1S/C51H98O6/c1-6-9-10-11-12-13-18-22-25-31-36-41-49(52)55-44-48(45-56-50(53)42-37-32-28-27-30-35-40-47(5)8-3)57-51(54)43-38-33-26-23-20-17-15-14-16-19-21-24-29-34-39-46(4)7-2/h46-48H,6-45H2,1-5H3/t46?,47?,48-/m1/s1. The van der Waals surface area contributed by atoms with Gasteiger partial charge in [0.1, 0.15) is 13.2 Å². The van der Waals surface area contributed by atoms with Crippen LogP contribution in [0.2, 0.25) is 0 Å². The summed E-state index contributed by atoms with van der Waals surface area (Å²) in [6.07, 6.45) is 43.7. The summed E-state index contributed by atoms with van der Waals surface area (Å²) in [5, 5.41) is 0. The fourth-order valence-electron chi connectivity index (χ4n) is 7.57. The Morgan fingerprint density at radius 1 is 0.351 bits per heavy atom. The molecular weight excluding hydrogens is 709 g/mol. The van der Waals surface area contributed by atoms with Gasteiger partial charge in [-0.3, -0.25) is 14.4 Å². The first-order valence-electron chi connectivity index (χ1n) is 25.3. The Hall–Kier alpha value is -1.59. The number of hydrogen-bond acceptors (Lipinski definition) is 6. The predicted octanol–water partition coefficient (Wildman–Crippen LogP) is 16.1. The molecule has 0 rings (SSSR count). The van der Waals surface area contributed by atoms with Crippen LogP contribution in [0.5, 0.6) is 0 Å². The molecule has 3 atom stereocenters. The van der Waals surface area contributed by atoms with Crippen molar-refractivity contribution < 1.29 is 28.6 Å². The van der Waals surface area contributed by atoms with Crippen LogP contribution >= 0.6 is 0 Å². The summed E-state index contributed by atoms with van der Waals surface area (Å²) in [6.45, 7) is 11.4. The van der Waals surface area contributed by atoms with Gasteiger partial charge in [0.25, 0.3) is 0 Å². The molecule has 0 aromatic carbocycles. The van der Waals surface area contributed by atoms with Crippen LogP contribution in [-0.2, 0) is 28.6 Å². The first-order valence-corrected chi connectivity index (χ1v) is 25.3. The zero-order valence-electron chi connectivity index (χ0n) is 39.0. The normalized spacial score (nSPS) is 13.0. The molecule has 6 nitrogen and oxygen atoms in total. The smallest absolute Gasteiger partial charge is 0.306 e. The van der Waals surface area contributed by atoms with Gasteiger partial charge in [0.15, 0.2) is 6.10 Å². The van der Waals surface area contributed by atoms with Crippen LogP contribution in [0, 0.1) is 11.8 Å². The van der Waals surface area contributed by atoms with Crippen LogP contribution in [0.1, 0.15) is 279 Å². The molecule has 0 spiro atoms. The number of carbonyl (C=O) groups excluding carboxylic acids is 3. The summed E-state index contributed by atoms with van der Waals surface area (Å²) in [6, 6.07) is 0. The van der Waals surface area contributed by atoms with Crippen molar-refractivity contribution in [1.29, 1.82) is 0 Å². The fourth-order valence-corrected chi connectivity index (χ4v) is 7.57. The van der Waals surface area contributed by atoms with Gasteiger partial charge in [-0.25, -0.2) is 0 Å². The third-order valence-corrected chi connectivity index (χ3v) is 12.2. The van der Waals surface area contributed by atoms with Crippen LogP contribution in [0.25, 0.3) is 0 Å². The maximum atomic E-state index is 12.8. The SMILES string of the molecule is CCCCCCCCCCCCCC(=O)OC[C@H](COC(=O)CCCCCCCCC(C)CC)OC(=O)CCCCCCCCCCCCCCCCC(C)CC. The third-order valence-electron chi connectivity index (χ3n) is 12.2. The van der Waals surface area contributed by atoms with Gasteiger partial charge in [-0.1, -0.05) is 240 Å². The monoisotopic (exact) mass is 807 g/mol. The van der Waals surface area contributed by atoms with E-state index in [0.29, 0.717) is 19.3 Å². The second kappa shape index (κ2) is 44.0. The second-order valence-corrected chi connectivity index (χ2v) is 17.9. The number of rotatable bonds is 45. The Kier molecular flexibility index (Phi) is 42.7. The topological polar surface area (TPSA) is 78.9 Å². The van der Waals surface area contributed by atoms with Crippen LogP contribution in [0.3, 0.4) is 0 Å². The lowest BCUT2D eigenvalue weighted by Crippen LogP contribution is -2.30. The third kappa shape index (κ3) is 42.3. The summed E-state index contributed by atoms with van der Waals surface area (Å²) in [5.74, 6) is 0.855. The molecular formula is C51H98O6. The minimum absolute atomic E-state index is 0.0646. The van der Waals surface area contributed by atoms with Crippen molar-refractivity contribution in [1.82, 2.24) is 0 Å². The van der Waals surface area contributed by atoms with Gasteiger partial charge in [0, 0.05) is 19.3 Å². The number of carbonyl (C=O) groups is 3. The molecule has 0 aromatic heterocycles. The molecule has 0 radical (unpaired) electrons. The zero-order chi connectivity index (χ0) is 41.9. The lowest BCUT2D eigenvalue weighted by atomic mass is 9.99. The molecule has 0 aliphatic rings. The number of hydrogen-bond donors (Lipinski definition) is 0. The molecule has 338 valence electrons. The minimum Gasteiger partial charge on any atom is -0.462 e. The van der Waals surface area contributed by atoms with E-state index in [0.717, 1.165) is 69.6 Å². The van der Waals surface area contributed by atoms with Gasteiger partial charge in [-0.05, 0) is 31.1 Å². The van der Waals surface area contributed by atoms with E-state index >= 15 is 0 Å². The van der Waals surface area contributed by atoms with Gasteiger partial charge in [0.05, 0.1) is 0 Å². The quantitative estimate of drug-likeness (QED) is 0.0346. The minimum atomic E-state index is -0.761. The van der Waals surface area contributed by atoms with Gasteiger partial charge in [-0.2, -0.15) is 0 Å². The first-order chi connectivity index (χ1) is 27.8. The first kappa shape index (κ1) is 55.4. The van der Waals surface area contributed by atoms with Crippen molar-refractivity contribution in [2.75, 3.05) is 13.2 Å². The lowest BCUT2D eigenvalue weighted by Gasteiger charge is -2.18. The average molecular weight is 807 g/mol. The highest BCUT2D eigenvalue weighted by Gasteiger charge is 2.19. The molecule has 6 heteroatoms. The van der Waals surface area contributed by atoms with Crippen molar-refractivity contribution in [3.63, 3.8) is 0 Å². The zero-order valence-corrected chi connectivity index (χ0v) is 39.0. The van der Waals surface area contributed by atoms with Gasteiger partial charge < -0.3 is 14.2 Å². The second-order valence-electron chi connectivity index (χ2n) is 17.9. The van der Waals surface area contributed by atoms with E-state index in [2.05, 4.69) is 34.6 Å². The van der Waals surface area contributed by atoms with E-state index in [1.165, 1.54) is 167 Å². The molecule has 0 saturated carbocycles. The van der Waals surface area contributed by atoms with Crippen molar-refractivity contribution in [3.8, 4) is 0 Å². The van der Waals surface area contributed by atoms with E-state index in [1.807, 2.05) is 0 Å². The maximum Gasteiger partial charge on any atom is 0.306 e. The highest BCUT2D eigenvalue weighted by atomic mass is 16.6.